The van der Waals surface area contributed by atoms with Crippen molar-refractivity contribution in [2.24, 2.45) is 0 Å². The van der Waals surface area contributed by atoms with E-state index >= 15 is 0 Å². The lowest BCUT2D eigenvalue weighted by Gasteiger charge is -2.16. The standard InChI is InChI=1S/C17H24N4O4S/c1-4-10-18-16(22)19-14(11-13-8-6-5-7-9-13)15-20-21-17(25-15)26(23,24)12(2)3/h5-9,12,14H,4,10-11H2,1-3H3,(H2,18,19,22)/t14-/m0/s1. The number of rotatable bonds is 8. The highest BCUT2D eigenvalue weighted by Crippen LogP contribution is 2.21. The molecule has 2 aromatic rings. The Morgan fingerprint density at radius 2 is 1.88 bits per heavy atom. The first-order valence-electron chi connectivity index (χ1n) is 8.50. The summed E-state index contributed by atoms with van der Waals surface area (Å²) in [5.41, 5.74) is 0.944. The van der Waals surface area contributed by atoms with Gasteiger partial charge in [0.15, 0.2) is 0 Å². The molecule has 2 rings (SSSR count). The highest BCUT2D eigenvalue weighted by molar-refractivity contribution is 7.91. The van der Waals surface area contributed by atoms with Crippen molar-refractivity contribution < 1.29 is 17.6 Å². The monoisotopic (exact) mass is 380 g/mol. The maximum Gasteiger partial charge on any atom is 0.335 e. The Hall–Kier alpha value is -2.42. The van der Waals surface area contributed by atoms with Crippen molar-refractivity contribution >= 4 is 15.9 Å². The third-order valence-electron chi connectivity index (χ3n) is 3.71. The van der Waals surface area contributed by atoms with Gasteiger partial charge >= 0.3 is 11.3 Å². The molecule has 8 nitrogen and oxygen atoms in total. The third kappa shape index (κ3) is 5.04. The predicted octanol–water partition coefficient (Wildman–Crippen LogP) is 2.24. The molecule has 1 aromatic heterocycles. The lowest BCUT2D eigenvalue weighted by Crippen LogP contribution is -2.39. The summed E-state index contributed by atoms with van der Waals surface area (Å²) in [6.07, 6.45) is 1.19. The molecule has 0 aliphatic carbocycles. The first-order chi connectivity index (χ1) is 12.3. The van der Waals surface area contributed by atoms with Crippen molar-refractivity contribution in [3.8, 4) is 0 Å². The number of carbonyl (C=O) groups is 1. The number of sulfone groups is 1. The van der Waals surface area contributed by atoms with E-state index in [1.165, 1.54) is 13.8 Å². The number of nitrogens with one attached hydrogen (secondary N) is 2. The van der Waals surface area contributed by atoms with E-state index in [1.54, 1.807) is 0 Å². The third-order valence-corrected chi connectivity index (χ3v) is 5.60. The molecule has 142 valence electrons. The van der Waals surface area contributed by atoms with E-state index in [4.69, 9.17) is 4.42 Å². The normalized spacial score (nSPS) is 12.8. The van der Waals surface area contributed by atoms with Gasteiger partial charge in [-0.2, -0.15) is 0 Å². The maximum atomic E-state index is 12.2. The minimum absolute atomic E-state index is 0.0553. The minimum Gasteiger partial charge on any atom is -0.410 e. The van der Waals surface area contributed by atoms with Gasteiger partial charge in [0, 0.05) is 13.0 Å². The van der Waals surface area contributed by atoms with Crippen molar-refractivity contribution in [1.82, 2.24) is 20.8 Å². The predicted molar refractivity (Wildman–Crippen MR) is 96.3 cm³/mol. The van der Waals surface area contributed by atoms with E-state index in [-0.39, 0.29) is 11.9 Å². The fraction of sp³-hybridized carbons (Fsp3) is 0.471. The van der Waals surface area contributed by atoms with Crippen LogP contribution < -0.4 is 10.6 Å². The van der Waals surface area contributed by atoms with Gasteiger partial charge in [-0.15, -0.1) is 5.10 Å². The van der Waals surface area contributed by atoms with E-state index in [0.29, 0.717) is 13.0 Å². The summed E-state index contributed by atoms with van der Waals surface area (Å²) in [7, 11) is -3.67. The van der Waals surface area contributed by atoms with Gasteiger partial charge in [-0.3, -0.25) is 0 Å². The zero-order valence-corrected chi connectivity index (χ0v) is 15.9. The number of benzene rings is 1. The molecule has 0 bridgehead atoms. The second-order valence-corrected chi connectivity index (χ2v) is 8.52. The van der Waals surface area contributed by atoms with E-state index in [1.807, 2.05) is 37.3 Å². The molecule has 0 saturated heterocycles. The Morgan fingerprint density at radius 1 is 1.19 bits per heavy atom. The van der Waals surface area contributed by atoms with Crippen LogP contribution in [0.3, 0.4) is 0 Å². The molecule has 0 fully saturated rings. The van der Waals surface area contributed by atoms with Gasteiger partial charge in [0.1, 0.15) is 6.04 Å². The second-order valence-electron chi connectivity index (χ2n) is 6.14. The topological polar surface area (TPSA) is 114 Å². The molecular formula is C17H24N4O4S. The van der Waals surface area contributed by atoms with Gasteiger partial charge in [0.2, 0.25) is 15.7 Å². The number of aromatic nitrogens is 2. The number of urea groups is 1. The van der Waals surface area contributed by atoms with Crippen LogP contribution in [0.4, 0.5) is 4.79 Å². The van der Waals surface area contributed by atoms with Gasteiger partial charge in [-0.1, -0.05) is 42.4 Å². The van der Waals surface area contributed by atoms with Crippen LogP contribution in [-0.4, -0.2) is 36.4 Å². The summed E-state index contributed by atoms with van der Waals surface area (Å²) < 4.78 is 29.8. The number of hydrogen-bond acceptors (Lipinski definition) is 6. The number of carbonyl (C=O) groups excluding carboxylic acids is 1. The lowest BCUT2D eigenvalue weighted by molar-refractivity contribution is 0.233. The molecule has 0 saturated carbocycles. The van der Waals surface area contributed by atoms with E-state index in [0.717, 1.165) is 12.0 Å². The highest BCUT2D eigenvalue weighted by Gasteiger charge is 2.29. The molecule has 0 unspecified atom stereocenters. The van der Waals surface area contributed by atoms with Crippen LogP contribution in [0.15, 0.2) is 40.0 Å². The summed E-state index contributed by atoms with van der Waals surface area (Å²) in [6, 6.07) is 8.44. The number of hydrogen-bond donors (Lipinski definition) is 2. The van der Waals surface area contributed by atoms with Crippen molar-refractivity contribution in [3.05, 3.63) is 41.8 Å². The second kappa shape index (κ2) is 8.79. The molecule has 0 spiro atoms. The number of nitrogens with zero attached hydrogens (tertiary/aromatic N) is 2. The molecule has 2 amide bonds. The number of amides is 2. The molecule has 9 heteroatoms. The minimum atomic E-state index is -3.67. The van der Waals surface area contributed by atoms with Crippen LogP contribution in [0.25, 0.3) is 0 Å². The average Bonchev–Trinajstić information content (AvgIpc) is 3.11. The van der Waals surface area contributed by atoms with Gasteiger partial charge in [0.05, 0.1) is 5.25 Å². The van der Waals surface area contributed by atoms with Crippen molar-refractivity contribution in [2.75, 3.05) is 6.54 Å². The smallest absolute Gasteiger partial charge is 0.335 e. The Labute approximate surface area is 153 Å². The lowest BCUT2D eigenvalue weighted by atomic mass is 10.1. The summed E-state index contributed by atoms with van der Waals surface area (Å²) in [5, 5.41) is 11.9. The van der Waals surface area contributed by atoms with E-state index in [9.17, 15) is 13.2 Å². The Balaban J connectivity index is 2.25. The first kappa shape index (κ1) is 19.9. The molecule has 0 aliphatic heterocycles. The fourth-order valence-corrected chi connectivity index (χ4v) is 2.93. The van der Waals surface area contributed by atoms with Gasteiger partial charge < -0.3 is 15.1 Å². The zero-order valence-electron chi connectivity index (χ0n) is 15.1. The summed E-state index contributed by atoms with van der Waals surface area (Å²) in [4.78, 5) is 12.1. The Morgan fingerprint density at radius 3 is 2.50 bits per heavy atom. The van der Waals surface area contributed by atoms with Crippen LogP contribution in [0.2, 0.25) is 0 Å². The van der Waals surface area contributed by atoms with E-state index < -0.39 is 26.4 Å². The first-order valence-corrected chi connectivity index (χ1v) is 10.0. The van der Waals surface area contributed by atoms with Crippen molar-refractivity contribution in [3.63, 3.8) is 0 Å². The molecular weight excluding hydrogens is 356 g/mol. The summed E-state index contributed by atoms with van der Waals surface area (Å²) in [5.74, 6) is 0.0553. The maximum absolute atomic E-state index is 12.2. The Bertz CT molecular complexity index is 818. The van der Waals surface area contributed by atoms with E-state index in [2.05, 4.69) is 20.8 Å². The molecule has 1 heterocycles. The molecule has 1 aromatic carbocycles. The summed E-state index contributed by atoms with van der Waals surface area (Å²) >= 11 is 0. The quantitative estimate of drug-likeness (QED) is 0.726. The molecule has 1 atom stereocenters. The van der Waals surface area contributed by atoms with Gasteiger partial charge in [-0.05, 0) is 25.8 Å². The van der Waals surface area contributed by atoms with Crippen LogP contribution in [0.1, 0.15) is 44.7 Å². The molecule has 26 heavy (non-hydrogen) atoms. The Kier molecular flexibility index (Phi) is 6.73. The molecule has 2 N–H and O–H groups in total. The molecule has 0 radical (unpaired) electrons. The van der Waals surface area contributed by atoms with Crippen molar-refractivity contribution in [2.45, 2.75) is 50.1 Å². The largest absolute Gasteiger partial charge is 0.410 e. The van der Waals surface area contributed by atoms with Gasteiger partial charge in [0.25, 0.3) is 0 Å². The zero-order chi connectivity index (χ0) is 19.2. The van der Waals surface area contributed by atoms with Crippen molar-refractivity contribution in [1.29, 1.82) is 0 Å². The van der Waals surface area contributed by atoms with Gasteiger partial charge in [-0.25, -0.2) is 13.2 Å². The molecule has 0 aliphatic rings. The van der Waals surface area contributed by atoms with Crippen LogP contribution in [0.5, 0.6) is 0 Å². The van der Waals surface area contributed by atoms with Crippen LogP contribution in [-0.2, 0) is 16.3 Å². The van der Waals surface area contributed by atoms with Crippen LogP contribution in [0, 0.1) is 0 Å². The van der Waals surface area contributed by atoms with Crippen LogP contribution >= 0.6 is 0 Å². The SMILES string of the molecule is CCCNC(=O)N[C@@H](Cc1ccccc1)c1nnc(S(=O)(=O)C(C)C)o1. The fourth-order valence-electron chi connectivity index (χ4n) is 2.18. The highest BCUT2D eigenvalue weighted by atomic mass is 32.2. The summed E-state index contributed by atoms with van der Waals surface area (Å²) in [6.45, 7) is 5.55. The average molecular weight is 380 g/mol.